The average Bonchev–Trinajstić information content (AvgIpc) is 2.67. The second-order valence-electron chi connectivity index (χ2n) is 6.76. The predicted molar refractivity (Wildman–Crippen MR) is 116 cm³/mol. The van der Waals surface area contributed by atoms with Gasteiger partial charge in [0.25, 0.3) is 5.56 Å². The van der Waals surface area contributed by atoms with Gasteiger partial charge in [0, 0.05) is 35.3 Å². The van der Waals surface area contributed by atoms with Crippen LogP contribution in [0.2, 0.25) is 5.02 Å². The highest BCUT2D eigenvalue weighted by atomic mass is 127. The Labute approximate surface area is 177 Å². The van der Waals surface area contributed by atoms with E-state index in [1.807, 2.05) is 23.1 Å². The van der Waals surface area contributed by atoms with E-state index in [1.54, 1.807) is 22.9 Å². The molecule has 0 atom stereocenters. The molecule has 1 aliphatic rings. The third kappa shape index (κ3) is 4.31. The quantitative estimate of drug-likeness (QED) is 0.505. The van der Waals surface area contributed by atoms with Crippen LogP contribution in [0.5, 0.6) is 0 Å². The van der Waals surface area contributed by atoms with E-state index >= 15 is 0 Å². The summed E-state index contributed by atoms with van der Waals surface area (Å²) >= 11 is 8.34. The Kier molecular flexibility index (Phi) is 6.45. The smallest absolute Gasteiger partial charge is 0.270 e. The summed E-state index contributed by atoms with van der Waals surface area (Å²) in [5.74, 6) is 0. The first-order chi connectivity index (χ1) is 13.0. The number of halogens is 2. The standard InChI is InChI=1S/C20H21ClIN3O2/c21-16-4-1-3-15(13-16)20(27)6-11-24(12-7-20)18-5-10-25(9-2-8-22)19(26)17(18)14-23/h1,3-5,10,13,27H,2,6-9,11-12H2. The fourth-order valence-electron chi connectivity index (χ4n) is 3.52. The maximum absolute atomic E-state index is 12.6. The van der Waals surface area contributed by atoms with Gasteiger partial charge in [-0.15, -0.1) is 0 Å². The number of piperidine rings is 1. The molecule has 2 heterocycles. The van der Waals surface area contributed by atoms with Gasteiger partial charge < -0.3 is 14.6 Å². The Hall–Kier alpha value is -1.56. The third-order valence-electron chi connectivity index (χ3n) is 5.08. The van der Waals surface area contributed by atoms with Crippen LogP contribution < -0.4 is 10.5 Å². The number of aromatic nitrogens is 1. The van der Waals surface area contributed by atoms with Crippen molar-refractivity contribution in [1.29, 1.82) is 5.26 Å². The van der Waals surface area contributed by atoms with E-state index in [9.17, 15) is 15.2 Å². The summed E-state index contributed by atoms with van der Waals surface area (Å²) in [6, 6.07) is 11.2. The van der Waals surface area contributed by atoms with Gasteiger partial charge in [-0.25, -0.2) is 0 Å². The van der Waals surface area contributed by atoms with Gasteiger partial charge in [-0.3, -0.25) is 4.79 Å². The first-order valence-electron chi connectivity index (χ1n) is 8.91. The lowest BCUT2D eigenvalue weighted by atomic mass is 9.84. The molecule has 27 heavy (non-hydrogen) atoms. The lowest BCUT2D eigenvalue weighted by Crippen LogP contribution is -2.43. The number of aryl methyl sites for hydroxylation is 1. The van der Waals surface area contributed by atoms with Crippen LogP contribution in [-0.2, 0) is 12.1 Å². The number of nitriles is 1. The van der Waals surface area contributed by atoms with Crippen molar-refractivity contribution in [2.24, 2.45) is 0 Å². The maximum Gasteiger partial charge on any atom is 0.270 e. The monoisotopic (exact) mass is 497 g/mol. The normalized spacial score (nSPS) is 16.1. The summed E-state index contributed by atoms with van der Waals surface area (Å²) in [5.41, 5.74) is 0.462. The van der Waals surface area contributed by atoms with E-state index in [0.717, 1.165) is 16.4 Å². The topological polar surface area (TPSA) is 69.3 Å². The number of anilines is 1. The summed E-state index contributed by atoms with van der Waals surface area (Å²) in [6.07, 6.45) is 3.68. The second kappa shape index (κ2) is 8.63. The Morgan fingerprint density at radius 3 is 2.67 bits per heavy atom. The van der Waals surface area contributed by atoms with Crippen LogP contribution in [0.25, 0.3) is 0 Å². The molecule has 2 aromatic rings. The number of hydrogen-bond donors (Lipinski definition) is 1. The Morgan fingerprint density at radius 1 is 1.30 bits per heavy atom. The van der Waals surface area contributed by atoms with Crippen molar-refractivity contribution in [2.75, 3.05) is 22.4 Å². The van der Waals surface area contributed by atoms with Crippen molar-refractivity contribution in [3.05, 3.63) is 63.0 Å². The largest absolute Gasteiger partial charge is 0.385 e. The summed E-state index contributed by atoms with van der Waals surface area (Å²) in [4.78, 5) is 14.6. The van der Waals surface area contributed by atoms with Crippen molar-refractivity contribution in [3.8, 4) is 6.07 Å². The Morgan fingerprint density at radius 2 is 2.04 bits per heavy atom. The molecular formula is C20H21ClIN3O2. The van der Waals surface area contributed by atoms with Gasteiger partial charge in [-0.05, 0) is 43.0 Å². The molecular weight excluding hydrogens is 477 g/mol. The molecule has 0 bridgehead atoms. The fraction of sp³-hybridized carbons (Fsp3) is 0.400. The molecule has 3 rings (SSSR count). The zero-order valence-electron chi connectivity index (χ0n) is 14.9. The minimum Gasteiger partial charge on any atom is -0.385 e. The van der Waals surface area contributed by atoms with Crippen LogP contribution in [0.3, 0.4) is 0 Å². The molecule has 0 unspecified atom stereocenters. The molecule has 0 aliphatic carbocycles. The number of nitrogens with zero attached hydrogens (tertiary/aromatic N) is 3. The van der Waals surface area contributed by atoms with Crippen LogP contribution in [0.4, 0.5) is 5.69 Å². The molecule has 1 aromatic heterocycles. The van der Waals surface area contributed by atoms with E-state index in [4.69, 9.17) is 11.6 Å². The van der Waals surface area contributed by atoms with Crippen molar-refractivity contribution >= 4 is 39.9 Å². The summed E-state index contributed by atoms with van der Waals surface area (Å²) in [6.45, 7) is 1.75. The highest BCUT2D eigenvalue weighted by Crippen LogP contribution is 2.35. The van der Waals surface area contributed by atoms with Gasteiger partial charge in [-0.1, -0.05) is 46.3 Å². The minimum absolute atomic E-state index is 0.180. The first-order valence-corrected chi connectivity index (χ1v) is 10.8. The van der Waals surface area contributed by atoms with E-state index in [1.165, 1.54) is 0 Å². The van der Waals surface area contributed by atoms with Gasteiger partial charge in [-0.2, -0.15) is 5.26 Å². The molecule has 1 N–H and O–H groups in total. The minimum atomic E-state index is -0.941. The van der Waals surface area contributed by atoms with Crippen LogP contribution >= 0.6 is 34.2 Å². The Balaban J connectivity index is 1.81. The number of rotatable bonds is 5. The summed E-state index contributed by atoms with van der Waals surface area (Å²) in [5, 5.41) is 21.2. The molecule has 0 saturated carbocycles. The molecule has 0 amide bonds. The van der Waals surface area contributed by atoms with Gasteiger partial charge in [0.1, 0.15) is 11.6 Å². The molecule has 5 nitrogen and oxygen atoms in total. The first kappa shape index (κ1) is 20.2. The number of benzene rings is 1. The molecule has 1 saturated heterocycles. The molecule has 7 heteroatoms. The van der Waals surface area contributed by atoms with E-state index < -0.39 is 5.60 Å². The third-order valence-corrected chi connectivity index (χ3v) is 6.08. The van der Waals surface area contributed by atoms with Crippen LogP contribution in [0.15, 0.2) is 41.3 Å². The highest BCUT2D eigenvalue weighted by molar-refractivity contribution is 14.1. The predicted octanol–water partition coefficient (Wildman–Crippen LogP) is 3.69. The van der Waals surface area contributed by atoms with Crippen LogP contribution in [-0.4, -0.2) is 27.2 Å². The maximum atomic E-state index is 12.6. The Bertz CT molecular complexity index is 914. The zero-order valence-corrected chi connectivity index (χ0v) is 17.8. The SMILES string of the molecule is N#Cc1c(N2CCC(O)(c3cccc(Cl)c3)CC2)ccn(CCCI)c1=O. The average molecular weight is 498 g/mol. The zero-order chi connectivity index (χ0) is 19.4. The van der Waals surface area contributed by atoms with Crippen molar-refractivity contribution in [3.63, 3.8) is 0 Å². The number of alkyl halides is 1. The van der Waals surface area contributed by atoms with Crippen LogP contribution in [0, 0.1) is 11.3 Å². The fourth-order valence-corrected chi connectivity index (χ4v) is 4.06. The van der Waals surface area contributed by atoms with Gasteiger partial charge in [0.2, 0.25) is 0 Å². The van der Waals surface area contributed by atoms with E-state index in [2.05, 4.69) is 28.7 Å². The lowest BCUT2D eigenvalue weighted by molar-refractivity contribution is 0.0118. The van der Waals surface area contributed by atoms with Crippen molar-refractivity contribution < 1.29 is 5.11 Å². The number of pyridine rings is 1. The lowest BCUT2D eigenvalue weighted by Gasteiger charge is -2.40. The van der Waals surface area contributed by atoms with E-state index in [-0.39, 0.29) is 11.1 Å². The van der Waals surface area contributed by atoms with Crippen LogP contribution in [0.1, 0.15) is 30.4 Å². The molecule has 0 radical (unpaired) electrons. The second-order valence-corrected chi connectivity index (χ2v) is 8.27. The van der Waals surface area contributed by atoms with Gasteiger partial charge in [0.15, 0.2) is 0 Å². The number of aliphatic hydroxyl groups is 1. The van der Waals surface area contributed by atoms with Crippen molar-refractivity contribution in [2.45, 2.75) is 31.4 Å². The molecule has 1 fully saturated rings. The van der Waals surface area contributed by atoms with E-state index in [0.29, 0.717) is 43.2 Å². The summed E-state index contributed by atoms with van der Waals surface area (Å²) < 4.78 is 2.56. The summed E-state index contributed by atoms with van der Waals surface area (Å²) in [7, 11) is 0. The van der Waals surface area contributed by atoms with Gasteiger partial charge >= 0.3 is 0 Å². The van der Waals surface area contributed by atoms with Gasteiger partial charge in [0.05, 0.1) is 11.3 Å². The molecule has 142 valence electrons. The molecule has 1 aromatic carbocycles. The molecule has 1 aliphatic heterocycles. The molecule has 0 spiro atoms. The van der Waals surface area contributed by atoms with Crippen molar-refractivity contribution in [1.82, 2.24) is 4.57 Å². The number of hydrogen-bond acceptors (Lipinski definition) is 4. The highest BCUT2D eigenvalue weighted by Gasteiger charge is 2.35.